The molecule has 1 aromatic rings. The molecule has 0 saturated carbocycles. The minimum atomic E-state index is -0.608. The SMILES string of the molecule is O=C(Nc1ccccc1)OC1CCC/C=C(\C2OC/C=C/C(O)CO2)CC1. The zero-order valence-corrected chi connectivity index (χ0v) is 15.4. The average Bonchev–Trinajstić information content (AvgIpc) is 2.63. The summed E-state index contributed by atoms with van der Waals surface area (Å²) in [4.78, 5) is 12.1. The summed E-state index contributed by atoms with van der Waals surface area (Å²) in [6.45, 7) is 0.608. The Morgan fingerprint density at radius 1 is 1.19 bits per heavy atom. The van der Waals surface area contributed by atoms with E-state index in [1.165, 1.54) is 0 Å². The fourth-order valence-electron chi connectivity index (χ4n) is 3.22. The number of anilines is 1. The van der Waals surface area contributed by atoms with Gasteiger partial charge in [0.05, 0.1) is 19.3 Å². The fourth-order valence-corrected chi connectivity index (χ4v) is 3.22. The molecule has 6 nitrogen and oxygen atoms in total. The first-order chi connectivity index (χ1) is 13.2. The molecule has 1 heterocycles. The summed E-state index contributed by atoms with van der Waals surface area (Å²) >= 11 is 0. The van der Waals surface area contributed by atoms with E-state index in [0.717, 1.165) is 43.4 Å². The molecule has 1 amide bonds. The molecule has 3 unspecified atom stereocenters. The van der Waals surface area contributed by atoms with Crippen molar-refractivity contribution in [3.8, 4) is 0 Å². The largest absolute Gasteiger partial charge is 0.446 e. The standard InChI is InChI=1S/C21H27NO5/c23-18-10-6-14-25-20(26-15-18)16-7-4-5-11-19(13-12-16)27-21(24)22-17-8-2-1-3-9-17/h1-3,6-10,18-20,23H,4-5,11-15H2,(H,22,24)/b10-6+,16-7-. The van der Waals surface area contributed by atoms with Crippen LogP contribution in [0.5, 0.6) is 0 Å². The monoisotopic (exact) mass is 373 g/mol. The van der Waals surface area contributed by atoms with Gasteiger partial charge in [0.1, 0.15) is 6.10 Å². The highest BCUT2D eigenvalue weighted by Gasteiger charge is 2.23. The minimum absolute atomic E-state index is 0.142. The lowest BCUT2D eigenvalue weighted by molar-refractivity contribution is -0.130. The lowest BCUT2D eigenvalue weighted by Crippen LogP contribution is -2.29. The number of hydrogen-bond acceptors (Lipinski definition) is 5. The van der Waals surface area contributed by atoms with Gasteiger partial charge in [-0.25, -0.2) is 4.79 Å². The maximum atomic E-state index is 12.1. The Hall–Kier alpha value is -2.15. The van der Waals surface area contributed by atoms with Crippen molar-refractivity contribution >= 4 is 11.8 Å². The smallest absolute Gasteiger partial charge is 0.411 e. The van der Waals surface area contributed by atoms with E-state index in [9.17, 15) is 9.90 Å². The molecule has 3 atom stereocenters. The molecule has 6 heteroatoms. The zero-order chi connectivity index (χ0) is 18.9. The molecule has 2 N–H and O–H groups in total. The van der Waals surface area contributed by atoms with Crippen LogP contribution in [0.4, 0.5) is 10.5 Å². The van der Waals surface area contributed by atoms with Gasteiger partial charge >= 0.3 is 6.09 Å². The van der Waals surface area contributed by atoms with Crippen molar-refractivity contribution in [3.05, 3.63) is 54.1 Å². The number of ether oxygens (including phenoxy) is 3. The number of para-hydroxylation sites is 1. The van der Waals surface area contributed by atoms with E-state index in [1.807, 2.05) is 36.4 Å². The predicted octanol–water partition coefficient (Wildman–Crippen LogP) is 3.78. The van der Waals surface area contributed by atoms with E-state index in [0.29, 0.717) is 6.61 Å². The van der Waals surface area contributed by atoms with E-state index in [4.69, 9.17) is 14.2 Å². The van der Waals surface area contributed by atoms with Crippen molar-refractivity contribution in [2.45, 2.75) is 50.6 Å². The summed E-state index contributed by atoms with van der Waals surface area (Å²) in [7, 11) is 0. The molecule has 1 aliphatic heterocycles. The van der Waals surface area contributed by atoms with E-state index < -0.39 is 18.5 Å². The molecule has 2 aliphatic rings. The Morgan fingerprint density at radius 2 is 2.04 bits per heavy atom. The minimum Gasteiger partial charge on any atom is -0.446 e. The first-order valence-corrected chi connectivity index (χ1v) is 9.50. The van der Waals surface area contributed by atoms with E-state index >= 15 is 0 Å². The predicted molar refractivity (Wildman–Crippen MR) is 102 cm³/mol. The van der Waals surface area contributed by atoms with Crippen molar-refractivity contribution in [1.29, 1.82) is 0 Å². The number of aliphatic hydroxyl groups excluding tert-OH is 1. The first kappa shape index (κ1) is 19.6. The van der Waals surface area contributed by atoms with Gasteiger partial charge in [-0.3, -0.25) is 5.32 Å². The number of aliphatic hydroxyl groups is 1. The van der Waals surface area contributed by atoms with Crippen LogP contribution in [-0.4, -0.2) is 42.9 Å². The topological polar surface area (TPSA) is 77.0 Å². The third-order valence-electron chi connectivity index (χ3n) is 4.61. The van der Waals surface area contributed by atoms with Crippen molar-refractivity contribution in [2.75, 3.05) is 18.5 Å². The molecule has 3 rings (SSSR count). The molecule has 0 bridgehead atoms. The van der Waals surface area contributed by atoms with Crippen molar-refractivity contribution in [3.63, 3.8) is 0 Å². The van der Waals surface area contributed by atoms with Crippen LogP contribution < -0.4 is 5.32 Å². The third kappa shape index (κ3) is 6.50. The lowest BCUT2D eigenvalue weighted by atomic mass is 9.97. The van der Waals surface area contributed by atoms with E-state index in [1.54, 1.807) is 6.08 Å². The van der Waals surface area contributed by atoms with Crippen LogP contribution in [0, 0.1) is 0 Å². The van der Waals surface area contributed by atoms with Crippen molar-refractivity contribution in [2.24, 2.45) is 0 Å². The second-order valence-corrected chi connectivity index (χ2v) is 6.76. The lowest BCUT2D eigenvalue weighted by Gasteiger charge is -2.26. The van der Waals surface area contributed by atoms with E-state index in [2.05, 4.69) is 11.4 Å². The van der Waals surface area contributed by atoms with Gasteiger partial charge in [-0.1, -0.05) is 36.4 Å². The van der Waals surface area contributed by atoms with Gasteiger partial charge in [-0.2, -0.15) is 0 Å². The van der Waals surface area contributed by atoms with Gasteiger partial charge in [-0.05, 0) is 49.8 Å². The van der Waals surface area contributed by atoms with Crippen molar-refractivity contribution in [1.82, 2.24) is 0 Å². The summed E-state index contributed by atoms with van der Waals surface area (Å²) in [5, 5.41) is 12.5. The van der Waals surface area contributed by atoms with Crippen LogP contribution >= 0.6 is 0 Å². The van der Waals surface area contributed by atoms with Crippen LogP contribution in [-0.2, 0) is 14.2 Å². The second-order valence-electron chi connectivity index (χ2n) is 6.76. The van der Waals surface area contributed by atoms with Crippen LogP contribution in [0.2, 0.25) is 0 Å². The third-order valence-corrected chi connectivity index (χ3v) is 4.61. The quantitative estimate of drug-likeness (QED) is 0.789. The maximum Gasteiger partial charge on any atom is 0.411 e. The molecular formula is C21H27NO5. The highest BCUT2D eigenvalue weighted by molar-refractivity contribution is 5.84. The number of rotatable bonds is 3. The number of carbonyl (C=O) groups is 1. The van der Waals surface area contributed by atoms with Gasteiger partial charge in [0, 0.05) is 5.69 Å². The van der Waals surface area contributed by atoms with Gasteiger partial charge in [0.2, 0.25) is 0 Å². The Morgan fingerprint density at radius 3 is 2.89 bits per heavy atom. The number of benzene rings is 1. The molecule has 1 aromatic carbocycles. The summed E-state index contributed by atoms with van der Waals surface area (Å²) in [5.41, 5.74) is 1.77. The molecular weight excluding hydrogens is 346 g/mol. The fraction of sp³-hybridized carbons (Fsp3) is 0.476. The summed E-state index contributed by atoms with van der Waals surface area (Å²) < 4.78 is 17.1. The molecule has 0 fully saturated rings. The molecule has 0 saturated heterocycles. The molecule has 0 radical (unpaired) electrons. The first-order valence-electron chi connectivity index (χ1n) is 9.50. The van der Waals surface area contributed by atoms with Gasteiger partial charge < -0.3 is 19.3 Å². The summed E-state index contributed by atoms with van der Waals surface area (Å²) in [5.74, 6) is 0. The maximum absolute atomic E-state index is 12.1. The molecule has 1 aliphatic carbocycles. The highest BCUT2D eigenvalue weighted by Crippen LogP contribution is 2.25. The zero-order valence-electron chi connectivity index (χ0n) is 15.4. The molecule has 0 aromatic heterocycles. The van der Waals surface area contributed by atoms with Crippen LogP contribution in [0.1, 0.15) is 32.1 Å². The van der Waals surface area contributed by atoms with Crippen LogP contribution in [0.3, 0.4) is 0 Å². The number of nitrogens with one attached hydrogen (secondary N) is 1. The van der Waals surface area contributed by atoms with Gasteiger partial charge in [-0.15, -0.1) is 0 Å². The Balaban J connectivity index is 1.52. The molecule has 146 valence electrons. The van der Waals surface area contributed by atoms with Crippen molar-refractivity contribution < 1.29 is 24.1 Å². The second kappa shape index (κ2) is 10.3. The van der Waals surface area contributed by atoms with Gasteiger partial charge in [0.25, 0.3) is 0 Å². The average molecular weight is 373 g/mol. The number of amides is 1. The number of hydrogen-bond donors (Lipinski definition) is 2. The Labute approximate surface area is 159 Å². The Kier molecular flexibility index (Phi) is 7.45. The number of carbonyl (C=O) groups excluding carboxylic acids is 1. The molecule has 0 spiro atoms. The number of allylic oxidation sites excluding steroid dienone is 1. The van der Waals surface area contributed by atoms with E-state index in [-0.39, 0.29) is 12.7 Å². The van der Waals surface area contributed by atoms with Gasteiger partial charge in [0.15, 0.2) is 6.29 Å². The summed E-state index contributed by atoms with van der Waals surface area (Å²) in [6, 6.07) is 9.28. The highest BCUT2D eigenvalue weighted by atomic mass is 16.7. The molecule has 27 heavy (non-hydrogen) atoms. The normalized spacial score (nSPS) is 29.8. The summed E-state index contributed by atoms with van der Waals surface area (Å²) in [6.07, 6.45) is 8.11. The van der Waals surface area contributed by atoms with Crippen LogP contribution in [0.15, 0.2) is 54.1 Å². The Bertz CT molecular complexity index is 658. The van der Waals surface area contributed by atoms with Crippen LogP contribution in [0.25, 0.3) is 0 Å².